The number of hydrogen-bond acceptors (Lipinski definition) is 2. The van der Waals surface area contributed by atoms with E-state index >= 15 is 0 Å². The highest BCUT2D eigenvalue weighted by atomic mass is 19.1. The molecule has 0 aliphatic heterocycles. The zero-order valence-electron chi connectivity index (χ0n) is 12.2. The van der Waals surface area contributed by atoms with Gasteiger partial charge in [0, 0.05) is 12.7 Å². The number of amides is 1. The van der Waals surface area contributed by atoms with E-state index in [2.05, 4.69) is 10.3 Å². The van der Waals surface area contributed by atoms with Crippen LogP contribution in [0.5, 0.6) is 0 Å². The first kappa shape index (κ1) is 14.3. The lowest BCUT2D eigenvalue weighted by Crippen LogP contribution is -2.25. The molecule has 4 nitrogen and oxygen atoms in total. The fourth-order valence-corrected chi connectivity index (χ4v) is 2.42. The van der Waals surface area contributed by atoms with Crippen molar-refractivity contribution in [3.63, 3.8) is 0 Å². The number of carbonyl (C=O) groups excluding carboxylic acids is 1. The first-order valence-corrected chi connectivity index (χ1v) is 7.17. The van der Waals surface area contributed by atoms with Crippen LogP contribution in [0.15, 0.2) is 48.7 Å². The molecule has 1 aromatic carbocycles. The van der Waals surface area contributed by atoms with Crippen LogP contribution in [0.4, 0.5) is 4.39 Å². The van der Waals surface area contributed by atoms with Gasteiger partial charge >= 0.3 is 0 Å². The second kappa shape index (κ2) is 5.97. The van der Waals surface area contributed by atoms with Crippen molar-refractivity contribution >= 4 is 11.6 Å². The largest absolute Gasteiger partial charge is 0.347 e. The van der Waals surface area contributed by atoms with Crippen molar-refractivity contribution in [2.24, 2.45) is 0 Å². The number of aromatic nitrogens is 2. The first-order valence-electron chi connectivity index (χ1n) is 7.17. The third-order valence-electron chi connectivity index (χ3n) is 3.50. The number of nitrogens with one attached hydrogen (secondary N) is 1. The van der Waals surface area contributed by atoms with E-state index in [0.717, 1.165) is 5.56 Å². The lowest BCUT2D eigenvalue weighted by atomic mass is 10.2. The Kier molecular flexibility index (Phi) is 3.87. The van der Waals surface area contributed by atoms with Crippen molar-refractivity contribution in [1.82, 2.24) is 14.7 Å². The van der Waals surface area contributed by atoms with E-state index < -0.39 is 5.82 Å². The molecule has 0 bridgehead atoms. The average molecular weight is 297 g/mol. The summed E-state index contributed by atoms with van der Waals surface area (Å²) >= 11 is 0. The second-order valence-electron chi connectivity index (χ2n) is 5.00. The van der Waals surface area contributed by atoms with Crippen LogP contribution in [-0.2, 0) is 13.0 Å². The van der Waals surface area contributed by atoms with Crippen molar-refractivity contribution in [3.8, 4) is 0 Å². The number of rotatable bonds is 4. The third kappa shape index (κ3) is 2.70. The van der Waals surface area contributed by atoms with Crippen molar-refractivity contribution < 1.29 is 9.18 Å². The normalized spacial score (nSPS) is 10.8. The smallest absolute Gasteiger partial charge is 0.270 e. The van der Waals surface area contributed by atoms with Gasteiger partial charge in [0.05, 0.1) is 5.69 Å². The Labute approximate surface area is 127 Å². The summed E-state index contributed by atoms with van der Waals surface area (Å²) in [4.78, 5) is 16.9. The molecule has 3 rings (SSSR count). The first-order chi connectivity index (χ1) is 10.7. The molecule has 2 heterocycles. The molecular weight excluding hydrogens is 281 g/mol. The van der Waals surface area contributed by atoms with Gasteiger partial charge in [-0.25, -0.2) is 9.37 Å². The topological polar surface area (TPSA) is 46.4 Å². The molecule has 1 N–H and O–H groups in total. The van der Waals surface area contributed by atoms with Crippen LogP contribution in [0.2, 0.25) is 0 Å². The summed E-state index contributed by atoms with van der Waals surface area (Å²) in [6.45, 7) is 2.34. The van der Waals surface area contributed by atoms with Gasteiger partial charge in [-0.1, -0.05) is 37.3 Å². The number of pyridine rings is 1. The highest BCUT2D eigenvalue weighted by Crippen LogP contribution is 2.15. The molecule has 1 amide bonds. The van der Waals surface area contributed by atoms with E-state index in [1.165, 1.54) is 16.7 Å². The molecule has 3 aromatic rings. The molecule has 0 fully saturated rings. The molecule has 5 heteroatoms. The maximum atomic E-state index is 13.5. The maximum Gasteiger partial charge on any atom is 0.270 e. The molecule has 0 spiro atoms. The minimum Gasteiger partial charge on any atom is -0.347 e. The van der Waals surface area contributed by atoms with Gasteiger partial charge in [0.15, 0.2) is 0 Å². The molecule has 0 aliphatic rings. The molecule has 22 heavy (non-hydrogen) atoms. The summed E-state index contributed by atoms with van der Waals surface area (Å²) in [5.41, 5.74) is 2.64. The van der Waals surface area contributed by atoms with Crippen molar-refractivity contribution in [1.29, 1.82) is 0 Å². The molecule has 112 valence electrons. The number of benzene rings is 1. The van der Waals surface area contributed by atoms with E-state index in [0.29, 0.717) is 30.0 Å². The molecule has 0 saturated carbocycles. The van der Waals surface area contributed by atoms with E-state index in [1.54, 1.807) is 6.07 Å². The van der Waals surface area contributed by atoms with Gasteiger partial charge < -0.3 is 5.32 Å². The van der Waals surface area contributed by atoms with Crippen LogP contribution < -0.4 is 5.32 Å². The molecule has 0 saturated heterocycles. The standard InChI is InChI=1S/C17H16FN3O/c1-2-14-16(21-11-13(18)8-9-15(21)20-14)17(22)19-10-12-6-4-3-5-7-12/h3-9,11H,2,10H2,1H3,(H,19,22). The summed E-state index contributed by atoms with van der Waals surface area (Å²) in [7, 11) is 0. The Morgan fingerprint density at radius 2 is 2.00 bits per heavy atom. The number of fused-ring (bicyclic) bond motifs is 1. The van der Waals surface area contributed by atoms with Crippen LogP contribution in [0.25, 0.3) is 5.65 Å². The van der Waals surface area contributed by atoms with Crippen molar-refractivity contribution in [2.75, 3.05) is 0 Å². The highest BCUT2D eigenvalue weighted by Gasteiger charge is 2.18. The van der Waals surface area contributed by atoms with E-state index in [4.69, 9.17) is 0 Å². The molecule has 2 aromatic heterocycles. The van der Waals surface area contributed by atoms with Gasteiger partial charge in [0.2, 0.25) is 0 Å². The molecule has 0 unspecified atom stereocenters. The van der Waals surface area contributed by atoms with Crippen molar-refractivity contribution in [3.05, 3.63) is 71.4 Å². The van der Waals surface area contributed by atoms with Crippen molar-refractivity contribution in [2.45, 2.75) is 19.9 Å². The average Bonchev–Trinajstić information content (AvgIpc) is 2.91. The predicted molar refractivity (Wildman–Crippen MR) is 82.1 cm³/mol. The Bertz CT molecular complexity index is 811. The fourth-order valence-electron chi connectivity index (χ4n) is 2.42. The maximum absolute atomic E-state index is 13.5. The van der Waals surface area contributed by atoms with Crippen LogP contribution in [0, 0.1) is 5.82 Å². The minimum atomic E-state index is -0.398. The molecule has 0 radical (unpaired) electrons. The summed E-state index contributed by atoms with van der Waals surface area (Å²) in [6, 6.07) is 12.6. The van der Waals surface area contributed by atoms with Gasteiger partial charge in [-0.05, 0) is 24.1 Å². The van der Waals surface area contributed by atoms with E-state index in [-0.39, 0.29) is 5.91 Å². The molecule has 0 atom stereocenters. The Balaban J connectivity index is 1.91. The number of halogens is 1. The quantitative estimate of drug-likeness (QED) is 0.804. The summed E-state index contributed by atoms with van der Waals surface area (Å²) in [6.07, 6.45) is 1.90. The predicted octanol–water partition coefficient (Wildman–Crippen LogP) is 2.97. The Hall–Kier alpha value is -2.69. The van der Waals surface area contributed by atoms with Gasteiger partial charge in [0.1, 0.15) is 17.2 Å². The number of hydrogen-bond donors (Lipinski definition) is 1. The monoisotopic (exact) mass is 297 g/mol. The molecule has 0 aliphatic carbocycles. The summed E-state index contributed by atoms with van der Waals surface area (Å²) in [5, 5.41) is 2.87. The third-order valence-corrected chi connectivity index (χ3v) is 3.50. The summed E-state index contributed by atoms with van der Waals surface area (Å²) in [5.74, 6) is -0.650. The SMILES string of the molecule is CCc1nc2ccc(F)cn2c1C(=O)NCc1ccccc1. The number of aryl methyl sites for hydroxylation is 1. The van der Waals surface area contributed by atoms with Gasteiger partial charge in [-0.3, -0.25) is 9.20 Å². The van der Waals surface area contributed by atoms with Crippen LogP contribution >= 0.6 is 0 Å². The van der Waals surface area contributed by atoms with Gasteiger partial charge in [-0.15, -0.1) is 0 Å². The van der Waals surface area contributed by atoms with Crippen LogP contribution in [-0.4, -0.2) is 15.3 Å². The second-order valence-corrected chi connectivity index (χ2v) is 5.00. The molecular formula is C17H16FN3O. The van der Waals surface area contributed by atoms with Gasteiger partial charge in [0.25, 0.3) is 5.91 Å². The minimum absolute atomic E-state index is 0.251. The number of carbonyl (C=O) groups is 1. The lowest BCUT2D eigenvalue weighted by Gasteiger charge is -2.07. The Morgan fingerprint density at radius 3 is 2.73 bits per heavy atom. The van der Waals surface area contributed by atoms with E-state index in [9.17, 15) is 9.18 Å². The lowest BCUT2D eigenvalue weighted by molar-refractivity contribution is 0.0944. The zero-order valence-corrected chi connectivity index (χ0v) is 12.2. The van der Waals surface area contributed by atoms with Gasteiger partial charge in [-0.2, -0.15) is 0 Å². The van der Waals surface area contributed by atoms with Crippen LogP contribution in [0.3, 0.4) is 0 Å². The summed E-state index contributed by atoms with van der Waals surface area (Å²) < 4.78 is 15.0. The number of imidazole rings is 1. The zero-order chi connectivity index (χ0) is 15.5. The fraction of sp³-hybridized carbons (Fsp3) is 0.176. The number of nitrogens with zero attached hydrogens (tertiary/aromatic N) is 2. The highest BCUT2D eigenvalue weighted by molar-refractivity contribution is 5.94. The van der Waals surface area contributed by atoms with Crippen LogP contribution in [0.1, 0.15) is 28.7 Å². The Morgan fingerprint density at radius 1 is 1.23 bits per heavy atom. The van der Waals surface area contributed by atoms with E-state index in [1.807, 2.05) is 37.3 Å².